The highest BCUT2D eigenvalue weighted by atomic mass is 32.2. The topological polar surface area (TPSA) is 32.3 Å². The molecule has 0 amide bonds. The number of fused-ring (bicyclic) bond motifs is 1. The van der Waals surface area contributed by atoms with Gasteiger partial charge >= 0.3 is 0 Å². The maximum atomic E-state index is 14.3. The number of nitrogens with one attached hydrogen (secondary N) is 1. The molecular formula is C18H22F2N2OS. The predicted octanol–water partition coefficient (Wildman–Crippen LogP) is 3.70. The molecule has 3 nitrogen and oxygen atoms in total. The van der Waals surface area contributed by atoms with Crippen LogP contribution in [0.3, 0.4) is 0 Å². The quantitative estimate of drug-likeness (QED) is 0.897. The van der Waals surface area contributed by atoms with Crippen LogP contribution in [0.25, 0.3) is 5.57 Å². The zero-order valence-corrected chi connectivity index (χ0v) is 14.5. The molecule has 1 saturated carbocycles. The first-order chi connectivity index (χ1) is 11.4. The van der Waals surface area contributed by atoms with Crippen LogP contribution in [0.4, 0.5) is 14.5 Å². The Morgan fingerprint density at radius 1 is 1.33 bits per heavy atom. The van der Waals surface area contributed by atoms with Gasteiger partial charge in [0.25, 0.3) is 5.92 Å². The molecule has 2 atom stereocenters. The largest absolute Gasteiger partial charge is 0.375 e. The number of halogens is 2. The number of hydrogen-bond donors (Lipinski definition) is 1. The number of piperidine rings is 1. The third-order valence-corrected chi connectivity index (χ3v) is 6.48. The van der Waals surface area contributed by atoms with Crippen LogP contribution in [0.5, 0.6) is 0 Å². The van der Waals surface area contributed by atoms with Gasteiger partial charge in [-0.2, -0.15) is 0 Å². The van der Waals surface area contributed by atoms with E-state index in [0.717, 1.165) is 17.6 Å². The number of hydrogen-bond acceptors (Lipinski definition) is 3. The molecule has 1 aromatic rings. The molecule has 0 bridgehead atoms. The van der Waals surface area contributed by atoms with E-state index in [2.05, 4.69) is 5.32 Å². The molecule has 1 N–H and O–H groups in total. The van der Waals surface area contributed by atoms with E-state index in [1.54, 1.807) is 23.4 Å². The van der Waals surface area contributed by atoms with Gasteiger partial charge in [-0.05, 0) is 55.9 Å². The van der Waals surface area contributed by atoms with E-state index in [-0.39, 0.29) is 6.54 Å². The molecule has 1 aliphatic carbocycles. The fourth-order valence-corrected chi connectivity index (χ4v) is 5.00. The Labute approximate surface area is 143 Å². The lowest BCUT2D eigenvalue weighted by Gasteiger charge is -2.37. The Kier molecular flexibility index (Phi) is 4.00. The van der Waals surface area contributed by atoms with E-state index in [1.807, 2.05) is 12.1 Å². The third-order valence-electron chi connectivity index (χ3n) is 5.14. The number of rotatable bonds is 4. The highest BCUT2D eigenvalue weighted by molar-refractivity contribution is 7.88. The molecule has 2 fully saturated rings. The van der Waals surface area contributed by atoms with Crippen LogP contribution in [-0.4, -0.2) is 41.2 Å². The predicted molar refractivity (Wildman–Crippen MR) is 92.6 cm³/mol. The number of likely N-dealkylation sites (tertiary alicyclic amines) is 1. The second-order valence-electron chi connectivity index (χ2n) is 7.25. The summed E-state index contributed by atoms with van der Waals surface area (Å²) in [5, 5.41) is 4.82. The van der Waals surface area contributed by atoms with Gasteiger partial charge in [-0.25, -0.2) is 13.0 Å². The first kappa shape index (κ1) is 16.2. The summed E-state index contributed by atoms with van der Waals surface area (Å²) in [6.07, 6.45) is 3.80. The molecule has 0 aromatic heterocycles. The van der Waals surface area contributed by atoms with Crippen molar-refractivity contribution in [2.24, 2.45) is 5.92 Å². The fourth-order valence-electron chi connectivity index (χ4n) is 3.64. The molecule has 130 valence electrons. The molecule has 4 rings (SSSR count). The van der Waals surface area contributed by atoms with Gasteiger partial charge in [-0.3, -0.25) is 0 Å². The summed E-state index contributed by atoms with van der Waals surface area (Å²) in [6, 6.07) is 4.70. The summed E-state index contributed by atoms with van der Waals surface area (Å²) in [6.45, 7) is 0.393. The van der Waals surface area contributed by atoms with Crippen molar-refractivity contribution in [3.8, 4) is 0 Å². The zero-order chi connectivity index (χ0) is 16.9. The molecule has 2 aliphatic heterocycles. The van der Waals surface area contributed by atoms with E-state index >= 15 is 0 Å². The van der Waals surface area contributed by atoms with Crippen LogP contribution in [0.15, 0.2) is 28.5 Å². The molecule has 2 unspecified atom stereocenters. The van der Waals surface area contributed by atoms with Gasteiger partial charge in [-0.1, -0.05) is 12.1 Å². The summed E-state index contributed by atoms with van der Waals surface area (Å²) in [5.74, 6) is -2.09. The summed E-state index contributed by atoms with van der Waals surface area (Å²) in [7, 11) is 0.472. The van der Waals surface area contributed by atoms with Crippen molar-refractivity contribution in [3.05, 3.63) is 29.2 Å². The molecule has 1 saturated heterocycles. The Morgan fingerprint density at radius 2 is 2.12 bits per heavy atom. The normalized spacial score (nSPS) is 29.2. The van der Waals surface area contributed by atoms with Crippen LogP contribution in [0, 0.1) is 5.92 Å². The smallest absolute Gasteiger partial charge is 0.280 e. The number of anilines is 1. The molecule has 3 aliphatic rings. The Hall–Kier alpha value is -1.27. The third kappa shape index (κ3) is 3.02. The number of allylic oxidation sites excluding steroid dienone is 1. The van der Waals surface area contributed by atoms with E-state index in [1.165, 1.54) is 12.8 Å². The maximum absolute atomic E-state index is 14.3. The van der Waals surface area contributed by atoms with Gasteiger partial charge in [0.1, 0.15) is 0 Å². The lowest BCUT2D eigenvalue weighted by atomic mass is 9.99. The maximum Gasteiger partial charge on any atom is 0.280 e. The van der Waals surface area contributed by atoms with Gasteiger partial charge in [0.05, 0.1) is 34.0 Å². The van der Waals surface area contributed by atoms with Crippen LogP contribution < -0.4 is 5.32 Å². The van der Waals surface area contributed by atoms with E-state index in [9.17, 15) is 13.0 Å². The Balaban J connectivity index is 1.59. The summed E-state index contributed by atoms with van der Waals surface area (Å²) in [4.78, 5) is 2.34. The van der Waals surface area contributed by atoms with Crippen molar-refractivity contribution in [2.75, 3.05) is 25.5 Å². The zero-order valence-electron chi connectivity index (χ0n) is 13.7. The highest BCUT2D eigenvalue weighted by Gasteiger charge is 2.44. The Bertz CT molecular complexity index is 715. The molecule has 2 heterocycles. The van der Waals surface area contributed by atoms with Crippen molar-refractivity contribution < 1.29 is 13.0 Å². The van der Waals surface area contributed by atoms with Gasteiger partial charge in [0, 0.05) is 12.0 Å². The first-order valence-corrected chi connectivity index (χ1v) is 9.73. The van der Waals surface area contributed by atoms with Crippen molar-refractivity contribution in [2.45, 2.75) is 42.5 Å². The average molecular weight is 352 g/mol. The first-order valence-electron chi connectivity index (χ1n) is 8.51. The minimum Gasteiger partial charge on any atom is -0.375 e. The molecule has 1 aromatic carbocycles. The summed E-state index contributed by atoms with van der Waals surface area (Å²) >= 11 is 0. The molecular weight excluding hydrogens is 330 g/mol. The van der Waals surface area contributed by atoms with Gasteiger partial charge in [-0.15, -0.1) is 0 Å². The second-order valence-corrected chi connectivity index (χ2v) is 8.49. The van der Waals surface area contributed by atoms with Crippen LogP contribution >= 0.6 is 0 Å². The molecule has 24 heavy (non-hydrogen) atoms. The molecule has 6 heteroatoms. The van der Waals surface area contributed by atoms with Gasteiger partial charge in [0.2, 0.25) is 0 Å². The second kappa shape index (κ2) is 5.92. The van der Waals surface area contributed by atoms with Crippen molar-refractivity contribution in [1.29, 1.82) is 0 Å². The average Bonchev–Trinajstić information content (AvgIpc) is 3.26. The lowest BCUT2D eigenvalue weighted by molar-refractivity contribution is -0.0673. The van der Waals surface area contributed by atoms with Crippen LogP contribution in [0.1, 0.15) is 31.2 Å². The molecule has 0 spiro atoms. The van der Waals surface area contributed by atoms with Crippen molar-refractivity contribution >= 4 is 22.1 Å². The van der Waals surface area contributed by atoms with Crippen LogP contribution in [0.2, 0.25) is 0 Å². The lowest BCUT2D eigenvalue weighted by Crippen LogP contribution is -2.53. The monoisotopic (exact) mass is 352 g/mol. The number of alkyl halides is 2. The van der Waals surface area contributed by atoms with E-state index in [4.69, 9.17) is 0 Å². The van der Waals surface area contributed by atoms with Crippen molar-refractivity contribution in [1.82, 2.24) is 4.90 Å². The fraction of sp³-hybridized carbons (Fsp3) is 0.556. The van der Waals surface area contributed by atoms with E-state index < -0.39 is 22.8 Å². The standard InChI is InChI=1S/C18H22F2N2OS/c1-22-8-7-16(18(19,20)11-22)21-15-4-2-3-14-13(9-12-5-6-12)10-24(23)17(14)15/h2-4,10,12,16,21H,5-9,11H2,1H3. The van der Waals surface area contributed by atoms with E-state index in [0.29, 0.717) is 29.5 Å². The highest BCUT2D eigenvalue weighted by Crippen LogP contribution is 2.44. The minimum absolute atomic E-state index is 0.242. The summed E-state index contributed by atoms with van der Waals surface area (Å²) < 4.78 is 41.2. The van der Waals surface area contributed by atoms with Gasteiger partial charge in [0.15, 0.2) is 0 Å². The minimum atomic E-state index is -2.79. The number of benzene rings is 1. The SMILES string of the molecule is CN1CCC(Nc2cccc3c2S(=O)C=C3CC2CC2)C(F)(F)C1. The Morgan fingerprint density at radius 3 is 2.83 bits per heavy atom. The summed E-state index contributed by atoms with van der Waals surface area (Å²) in [5.41, 5.74) is 2.69. The van der Waals surface area contributed by atoms with Crippen molar-refractivity contribution in [3.63, 3.8) is 0 Å². The van der Waals surface area contributed by atoms with Crippen LogP contribution in [-0.2, 0) is 10.8 Å². The number of nitrogens with zero attached hydrogens (tertiary/aromatic N) is 1. The van der Waals surface area contributed by atoms with Gasteiger partial charge < -0.3 is 10.2 Å². The molecule has 0 radical (unpaired) electrons.